The van der Waals surface area contributed by atoms with E-state index in [-0.39, 0.29) is 0 Å². The first kappa shape index (κ1) is 16.7. The minimum atomic E-state index is 0.322. The maximum absolute atomic E-state index is 5.61. The molecule has 22 heavy (non-hydrogen) atoms. The summed E-state index contributed by atoms with van der Waals surface area (Å²) in [5, 5.41) is 7.35. The fourth-order valence-corrected chi connectivity index (χ4v) is 2.32. The lowest BCUT2D eigenvalue weighted by Gasteiger charge is -2.11. The van der Waals surface area contributed by atoms with Crippen LogP contribution < -0.4 is 0 Å². The highest BCUT2D eigenvalue weighted by atomic mass is 16.3. The molecular weight excluding hydrogens is 276 g/mol. The van der Waals surface area contributed by atoms with E-state index in [2.05, 4.69) is 61.7 Å². The summed E-state index contributed by atoms with van der Waals surface area (Å²) in [6.07, 6.45) is 3.84. The molecule has 5 nitrogen and oxygen atoms in total. The molecule has 0 spiro atoms. The van der Waals surface area contributed by atoms with E-state index in [1.54, 1.807) is 6.26 Å². The standard InChI is InChI=1S/C17H28N4O/c1-10(2)14-9-22-17(18-14)13(6)8-7-12(5)16-19-15(11(3)4)20-21-16/h9-13H,7-8H2,1-6H3,(H,19,20,21). The first-order valence-corrected chi connectivity index (χ1v) is 8.26. The summed E-state index contributed by atoms with van der Waals surface area (Å²) in [5.74, 6) is 4.17. The molecule has 5 heteroatoms. The van der Waals surface area contributed by atoms with Gasteiger partial charge in [-0.1, -0.05) is 41.5 Å². The zero-order valence-corrected chi connectivity index (χ0v) is 14.6. The van der Waals surface area contributed by atoms with E-state index < -0.39 is 0 Å². The van der Waals surface area contributed by atoms with Crippen molar-refractivity contribution in [2.45, 2.75) is 78.1 Å². The third kappa shape index (κ3) is 3.96. The van der Waals surface area contributed by atoms with Gasteiger partial charge in [-0.15, -0.1) is 0 Å². The van der Waals surface area contributed by atoms with Crippen molar-refractivity contribution in [3.8, 4) is 0 Å². The average Bonchev–Trinajstić information content (AvgIpc) is 3.12. The van der Waals surface area contributed by atoms with Gasteiger partial charge in [0.1, 0.15) is 12.1 Å². The van der Waals surface area contributed by atoms with Crippen LogP contribution >= 0.6 is 0 Å². The van der Waals surface area contributed by atoms with Crippen LogP contribution in [0.2, 0.25) is 0 Å². The maximum atomic E-state index is 5.61. The first-order valence-electron chi connectivity index (χ1n) is 8.26. The van der Waals surface area contributed by atoms with Gasteiger partial charge in [-0.05, 0) is 18.8 Å². The maximum Gasteiger partial charge on any atom is 0.197 e. The van der Waals surface area contributed by atoms with Crippen molar-refractivity contribution < 1.29 is 4.42 Å². The molecule has 0 saturated carbocycles. The number of rotatable bonds is 7. The smallest absolute Gasteiger partial charge is 0.197 e. The molecule has 0 aromatic carbocycles. The zero-order valence-electron chi connectivity index (χ0n) is 14.6. The van der Waals surface area contributed by atoms with Crippen molar-refractivity contribution in [2.24, 2.45) is 0 Å². The van der Waals surface area contributed by atoms with Crippen molar-refractivity contribution in [2.75, 3.05) is 0 Å². The molecule has 0 amide bonds. The van der Waals surface area contributed by atoms with Crippen molar-refractivity contribution >= 4 is 0 Å². The van der Waals surface area contributed by atoms with Crippen LogP contribution in [-0.4, -0.2) is 20.2 Å². The van der Waals surface area contributed by atoms with E-state index in [1.807, 2.05) is 0 Å². The van der Waals surface area contributed by atoms with Crippen molar-refractivity contribution in [3.63, 3.8) is 0 Å². The molecule has 2 rings (SSSR count). The van der Waals surface area contributed by atoms with E-state index in [0.29, 0.717) is 23.7 Å². The summed E-state index contributed by atoms with van der Waals surface area (Å²) in [6.45, 7) is 12.8. The second-order valence-electron chi connectivity index (χ2n) is 6.88. The van der Waals surface area contributed by atoms with Crippen LogP contribution in [-0.2, 0) is 0 Å². The van der Waals surface area contributed by atoms with Crippen molar-refractivity contribution in [1.82, 2.24) is 20.2 Å². The Morgan fingerprint density at radius 2 is 1.64 bits per heavy atom. The van der Waals surface area contributed by atoms with Gasteiger partial charge in [-0.25, -0.2) is 9.97 Å². The largest absolute Gasteiger partial charge is 0.448 e. The van der Waals surface area contributed by atoms with Gasteiger partial charge in [0.2, 0.25) is 0 Å². The van der Waals surface area contributed by atoms with E-state index in [9.17, 15) is 0 Å². The lowest BCUT2D eigenvalue weighted by atomic mass is 9.97. The van der Waals surface area contributed by atoms with Gasteiger partial charge in [-0.3, -0.25) is 5.10 Å². The number of aromatic amines is 1. The predicted octanol–water partition coefficient (Wildman–Crippen LogP) is 4.73. The van der Waals surface area contributed by atoms with Crippen LogP contribution in [0.15, 0.2) is 10.7 Å². The van der Waals surface area contributed by atoms with Crippen LogP contribution in [0, 0.1) is 0 Å². The predicted molar refractivity (Wildman–Crippen MR) is 87.1 cm³/mol. The minimum absolute atomic E-state index is 0.322. The number of oxazole rings is 1. The van der Waals surface area contributed by atoms with Gasteiger partial charge >= 0.3 is 0 Å². The Balaban J connectivity index is 1.90. The number of H-pyrrole nitrogens is 1. The van der Waals surface area contributed by atoms with Crippen LogP contribution in [0.3, 0.4) is 0 Å². The number of nitrogens with zero attached hydrogens (tertiary/aromatic N) is 3. The van der Waals surface area contributed by atoms with Crippen molar-refractivity contribution in [3.05, 3.63) is 29.5 Å². The third-order valence-electron chi connectivity index (χ3n) is 4.09. The Hall–Kier alpha value is -1.65. The summed E-state index contributed by atoms with van der Waals surface area (Å²) in [4.78, 5) is 9.17. The third-order valence-corrected chi connectivity index (χ3v) is 4.09. The molecule has 2 heterocycles. The second-order valence-corrected chi connectivity index (χ2v) is 6.88. The molecular formula is C17H28N4O. The van der Waals surface area contributed by atoms with Crippen LogP contribution in [0.1, 0.15) is 101 Å². The van der Waals surface area contributed by atoms with Gasteiger partial charge < -0.3 is 4.42 Å². The summed E-state index contributed by atoms with van der Waals surface area (Å²) >= 11 is 0. The minimum Gasteiger partial charge on any atom is -0.448 e. The number of nitrogens with one attached hydrogen (secondary N) is 1. The Morgan fingerprint density at radius 1 is 0.955 bits per heavy atom. The van der Waals surface area contributed by atoms with Crippen molar-refractivity contribution in [1.29, 1.82) is 0 Å². The van der Waals surface area contributed by atoms with Gasteiger partial charge in [-0.2, -0.15) is 5.10 Å². The SMILES string of the molecule is CC(C)c1coc(C(C)CCC(C)c2nc(C(C)C)n[nH]2)n1. The molecule has 2 unspecified atom stereocenters. The summed E-state index contributed by atoms with van der Waals surface area (Å²) < 4.78 is 5.61. The van der Waals surface area contributed by atoms with Crippen LogP contribution in [0.5, 0.6) is 0 Å². The lowest BCUT2D eigenvalue weighted by Crippen LogP contribution is -2.01. The van der Waals surface area contributed by atoms with E-state index >= 15 is 0 Å². The summed E-state index contributed by atoms with van der Waals surface area (Å²) in [5.41, 5.74) is 1.03. The molecule has 0 radical (unpaired) electrons. The van der Waals surface area contributed by atoms with Gasteiger partial charge in [0.25, 0.3) is 0 Å². The summed E-state index contributed by atoms with van der Waals surface area (Å²) in [7, 11) is 0. The molecule has 0 saturated heterocycles. The van der Waals surface area contributed by atoms with Crippen LogP contribution in [0.4, 0.5) is 0 Å². The number of hydrogen-bond donors (Lipinski definition) is 1. The highest BCUT2D eigenvalue weighted by Gasteiger charge is 2.18. The fraction of sp³-hybridized carbons (Fsp3) is 0.706. The van der Waals surface area contributed by atoms with Crippen LogP contribution in [0.25, 0.3) is 0 Å². The van der Waals surface area contributed by atoms with Gasteiger partial charge in [0.15, 0.2) is 11.7 Å². The topological polar surface area (TPSA) is 67.6 Å². The first-order chi connectivity index (χ1) is 10.4. The molecule has 122 valence electrons. The molecule has 0 aliphatic carbocycles. The molecule has 2 aromatic rings. The Kier molecular flexibility index (Phi) is 5.37. The Morgan fingerprint density at radius 3 is 2.18 bits per heavy atom. The lowest BCUT2D eigenvalue weighted by molar-refractivity contribution is 0.430. The number of aromatic nitrogens is 4. The van der Waals surface area contributed by atoms with E-state index in [1.165, 1.54) is 0 Å². The molecule has 0 aliphatic heterocycles. The molecule has 1 N–H and O–H groups in total. The quantitative estimate of drug-likeness (QED) is 0.803. The van der Waals surface area contributed by atoms with E-state index in [4.69, 9.17) is 4.42 Å². The Bertz CT molecular complexity index is 533. The van der Waals surface area contributed by atoms with Gasteiger partial charge in [0, 0.05) is 17.8 Å². The zero-order chi connectivity index (χ0) is 16.3. The van der Waals surface area contributed by atoms with E-state index in [0.717, 1.165) is 36.1 Å². The average molecular weight is 304 g/mol. The molecule has 2 aromatic heterocycles. The highest BCUT2D eigenvalue weighted by Crippen LogP contribution is 2.27. The monoisotopic (exact) mass is 304 g/mol. The molecule has 2 atom stereocenters. The molecule has 0 fully saturated rings. The second kappa shape index (κ2) is 7.07. The fourth-order valence-electron chi connectivity index (χ4n) is 2.32. The van der Waals surface area contributed by atoms with Gasteiger partial charge in [0.05, 0.1) is 5.69 Å². The summed E-state index contributed by atoms with van der Waals surface area (Å²) in [6, 6.07) is 0. The molecule has 0 bridgehead atoms. The highest BCUT2D eigenvalue weighted by molar-refractivity contribution is 5.05. The number of hydrogen-bond acceptors (Lipinski definition) is 4. The molecule has 0 aliphatic rings. The Labute approximate surface area is 132 Å². The normalized spacial score (nSPS) is 14.7.